The molecule has 0 heterocycles. The summed E-state index contributed by atoms with van der Waals surface area (Å²) >= 11 is 0. The van der Waals surface area contributed by atoms with Gasteiger partial charge >= 0.3 is 0 Å². The van der Waals surface area contributed by atoms with Gasteiger partial charge in [0.2, 0.25) is 21.8 Å². The smallest absolute Gasteiger partial charge is 0.244 e. The first kappa shape index (κ1) is 29.5. The number of methoxy groups -OCH3 is 1. The molecule has 0 spiro atoms. The molecule has 8 nitrogen and oxygen atoms in total. The molecule has 0 bridgehead atoms. The Morgan fingerprint density at radius 1 is 0.974 bits per heavy atom. The Labute approximate surface area is 227 Å². The fourth-order valence-electron chi connectivity index (χ4n) is 4.72. The zero-order valence-electron chi connectivity index (χ0n) is 23.1. The van der Waals surface area contributed by atoms with E-state index in [1.807, 2.05) is 24.3 Å². The second-order valence-electron chi connectivity index (χ2n) is 10.4. The number of amides is 2. The highest BCUT2D eigenvalue weighted by Gasteiger charge is 2.31. The van der Waals surface area contributed by atoms with Crippen molar-refractivity contribution in [3.63, 3.8) is 0 Å². The molecule has 0 aromatic heterocycles. The SMILES string of the molecule is COc1ccc(CN(C(=O)CN(c2ccc(C(C)C)cc2)S(C)(=O)=O)[C@@H](C)C(=O)NC2CCCCC2)cc1. The summed E-state index contributed by atoms with van der Waals surface area (Å²) in [5.74, 6) is 0.292. The van der Waals surface area contributed by atoms with Crippen molar-refractivity contribution in [1.82, 2.24) is 10.2 Å². The predicted molar refractivity (Wildman–Crippen MR) is 151 cm³/mol. The Morgan fingerprint density at radius 2 is 1.58 bits per heavy atom. The van der Waals surface area contributed by atoms with Crippen LogP contribution < -0.4 is 14.4 Å². The maximum absolute atomic E-state index is 13.7. The molecule has 3 rings (SSSR count). The Kier molecular flexibility index (Phi) is 10.2. The van der Waals surface area contributed by atoms with Gasteiger partial charge in [0.25, 0.3) is 0 Å². The number of nitrogens with one attached hydrogen (secondary N) is 1. The number of nitrogens with zero attached hydrogens (tertiary/aromatic N) is 2. The summed E-state index contributed by atoms with van der Waals surface area (Å²) < 4.78 is 31.9. The molecule has 0 unspecified atom stereocenters. The monoisotopic (exact) mass is 543 g/mol. The highest BCUT2D eigenvalue weighted by Crippen LogP contribution is 2.23. The number of rotatable bonds is 11. The number of hydrogen-bond acceptors (Lipinski definition) is 5. The van der Waals surface area contributed by atoms with Crippen molar-refractivity contribution in [2.45, 2.75) is 77.4 Å². The Balaban J connectivity index is 1.86. The third-order valence-electron chi connectivity index (χ3n) is 7.16. The van der Waals surface area contributed by atoms with Crippen LogP contribution in [0.1, 0.15) is 69.9 Å². The average Bonchev–Trinajstić information content (AvgIpc) is 2.90. The van der Waals surface area contributed by atoms with E-state index in [-0.39, 0.29) is 18.5 Å². The molecule has 0 aliphatic heterocycles. The summed E-state index contributed by atoms with van der Waals surface area (Å²) in [6.45, 7) is 5.57. The fraction of sp³-hybridized carbons (Fsp3) is 0.517. The van der Waals surface area contributed by atoms with Gasteiger partial charge in [-0.1, -0.05) is 57.4 Å². The second-order valence-corrected chi connectivity index (χ2v) is 12.3. The van der Waals surface area contributed by atoms with Gasteiger partial charge in [0.1, 0.15) is 18.3 Å². The first-order valence-corrected chi connectivity index (χ1v) is 15.1. The van der Waals surface area contributed by atoms with E-state index in [9.17, 15) is 18.0 Å². The molecule has 1 saturated carbocycles. The first-order valence-electron chi connectivity index (χ1n) is 13.3. The van der Waals surface area contributed by atoms with Crippen molar-refractivity contribution in [2.75, 3.05) is 24.2 Å². The molecular weight excluding hydrogens is 502 g/mol. The lowest BCUT2D eigenvalue weighted by atomic mass is 9.95. The molecule has 1 aliphatic carbocycles. The van der Waals surface area contributed by atoms with Crippen LogP contribution in [-0.2, 0) is 26.2 Å². The minimum absolute atomic E-state index is 0.101. The van der Waals surface area contributed by atoms with Crippen LogP contribution in [0.2, 0.25) is 0 Å². The predicted octanol–water partition coefficient (Wildman–Crippen LogP) is 4.45. The largest absolute Gasteiger partial charge is 0.497 e. The number of ether oxygens (including phenoxy) is 1. The number of carbonyl (C=O) groups is 2. The van der Waals surface area contributed by atoms with Crippen LogP contribution >= 0.6 is 0 Å². The maximum atomic E-state index is 13.7. The summed E-state index contributed by atoms with van der Waals surface area (Å²) in [6, 6.07) is 13.8. The van der Waals surface area contributed by atoms with Crippen molar-refractivity contribution in [3.05, 3.63) is 59.7 Å². The van der Waals surface area contributed by atoms with Gasteiger partial charge in [0.15, 0.2) is 0 Å². The lowest BCUT2D eigenvalue weighted by Crippen LogP contribution is -2.52. The van der Waals surface area contributed by atoms with Gasteiger partial charge in [-0.05, 0) is 61.1 Å². The van der Waals surface area contributed by atoms with Gasteiger partial charge in [0, 0.05) is 12.6 Å². The molecule has 1 N–H and O–H groups in total. The summed E-state index contributed by atoms with van der Waals surface area (Å²) in [6.07, 6.45) is 6.27. The van der Waals surface area contributed by atoms with Crippen LogP contribution in [0.25, 0.3) is 0 Å². The topological polar surface area (TPSA) is 96.0 Å². The van der Waals surface area contributed by atoms with E-state index in [4.69, 9.17) is 4.74 Å². The van der Waals surface area contributed by atoms with Crippen LogP contribution in [0.5, 0.6) is 5.75 Å². The average molecular weight is 544 g/mol. The molecular formula is C29H41N3O5S. The van der Waals surface area contributed by atoms with E-state index in [1.165, 1.54) is 11.3 Å². The molecule has 2 amide bonds. The summed E-state index contributed by atoms with van der Waals surface area (Å²) in [4.78, 5) is 28.4. The van der Waals surface area contributed by atoms with Crippen molar-refractivity contribution in [1.29, 1.82) is 0 Å². The Morgan fingerprint density at radius 3 is 2.11 bits per heavy atom. The van der Waals surface area contributed by atoms with E-state index in [0.29, 0.717) is 17.4 Å². The van der Waals surface area contributed by atoms with Crippen molar-refractivity contribution < 1.29 is 22.7 Å². The number of sulfonamides is 1. The molecule has 2 aromatic carbocycles. The van der Waals surface area contributed by atoms with E-state index < -0.39 is 28.5 Å². The number of hydrogen-bond donors (Lipinski definition) is 1. The molecule has 2 aromatic rings. The zero-order valence-corrected chi connectivity index (χ0v) is 24.0. The van der Waals surface area contributed by atoms with Crippen molar-refractivity contribution in [3.8, 4) is 5.75 Å². The van der Waals surface area contributed by atoms with Crippen LogP contribution in [0.15, 0.2) is 48.5 Å². The molecule has 0 radical (unpaired) electrons. The van der Waals surface area contributed by atoms with Crippen LogP contribution in [-0.4, -0.2) is 57.1 Å². The number of carbonyl (C=O) groups excluding carboxylic acids is 2. The van der Waals surface area contributed by atoms with Crippen molar-refractivity contribution in [2.24, 2.45) is 0 Å². The van der Waals surface area contributed by atoms with Crippen molar-refractivity contribution >= 4 is 27.5 Å². The molecule has 1 aliphatic rings. The van der Waals surface area contributed by atoms with Crippen LogP contribution in [0.4, 0.5) is 5.69 Å². The van der Waals surface area contributed by atoms with E-state index in [2.05, 4.69) is 19.2 Å². The van der Waals surface area contributed by atoms with E-state index in [0.717, 1.165) is 47.4 Å². The number of benzene rings is 2. The third kappa shape index (κ3) is 7.96. The number of anilines is 1. The minimum Gasteiger partial charge on any atom is -0.497 e. The van der Waals surface area contributed by atoms with Gasteiger partial charge in [0.05, 0.1) is 19.1 Å². The molecule has 1 atom stereocenters. The molecule has 208 valence electrons. The Bertz CT molecular complexity index is 1170. The van der Waals surface area contributed by atoms with E-state index in [1.54, 1.807) is 38.3 Å². The normalized spacial score (nSPS) is 15.1. The highest BCUT2D eigenvalue weighted by molar-refractivity contribution is 7.92. The highest BCUT2D eigenvalue weighted by atomic mass is 32.2. The van der Waals surface area contributed by atoms with Gasteiger partial charge in [-0.15, -0.1) is 0 Å². The van der Waals surface area contributed by atoms with Crippen LogP contribution in [0.3, 0.4) is 0 Å². The molecule has 38 heavy (non-hydrogen) atoms. The fourth-order valence-corrected chi connectivity index (χ4v) is 5.57. The quantitative estimate of drug-likeness (QED) is 0.452. The van der Waals surface area contributed by atoms with E-state index >= 15 is 0 Å². The first-order chi connectivity index (χ1) is 18.0. The van der Waals surface area contributed by atoms with Gasteiger partial charge in [-0.2, -0.15) is 0 Å². The molecule has 0 saturated heterocycles. The second kappa shape index (κ2) is 13.1. The standard InChI is InChI=1S/C29H41N3O5S/c1-21(2)24-13-15-26(16-14-24)32(38(5,35)36)20-28(33)31(19-23-11-17-27(37-4)18-12-23)22(3)29(34)30-25-9-7-6-8-10-25/h11-18,21-22,25H,6-10,19-20H2,1-5H3,(H,30,34)/t22-/m0/s1. The zero-order chi connectivity index (χ0) is 27.9. The van der Waals surface area contributed by atoms with Gasteiger partial charge in [-0.25, -0.2) is 8.42 Å². The lowest BCUT2D eigenvalue weighted by Gasteiger charge is -2.33. The van der Waals surface area contributed by atoms with Gasteiger partial charge < -0.3 is 15.0 Å². The maximum Gasteiger partial charge on any atom is 0.244 e. The summed E-state index contributed by atoms with van der Waals surface area (Å²) in [5, 5.41) is 3.11. The van der Waals surface area contributed by atoms with Gasteiger partial charge in [-0.3, -0.25) is 13.9 Å². The molecule has 9 heteroatoms. The molecule has 1 fully saturated rings. The Hall–Kier alpha value is -3.07. The van der Waals surface area contributed by atoms with Crippen LogP contribution in [0, 0.1) is 0 Å². The lowest BCUT2D eigenvalue weighted by molar-refractivity contribution is -0.139. The summed E-state index contributed by atoms with van der Waals surface area (Å²) in [7, 11) is -2.18. The third-order valence-corrected chi connectivity index (χ3v) is 8.30. The minimum atomic E-state index is -3.76. The summed E-state index contributed by atoms with van der Waals surface area (Å²) in [5.41, 5.74) is 2.29.